The molecule has 1 fully saturated rings. The van der Waals surface area contributed by atoms with Crippen LogP contribution in [0.3, 0.4) is 0 Å². The van der Waals surface area contributed by atoms with Crippen LogP contribution in [-0.4, -0.2) is 46.9 Å². The Morgan fingerprint density at radius 2 is 1.89 bits per heavy atom. The second-order valence-corrected chi connectivity index (χ2v) is 7.20. The molecular formula is C18H21Cl2N3O5. The molecule has 2 rings (SSSR count). The maximum absolute atomic E-state index is 12.5. The van der Waals surface area contributed by atoms with Gasteiger partial charge in [0.15, 0.2) is 6.10 Å². The molecule has 0 spiro atoms. The second-order valence-electron chi connectivity index (χ2n) is 6.36. The molecule has 1 aromatic carbocycles. The lowest BCUT2D eigenvalue weighted by Gasteiger charge is -2.23. The predicted octanol–water partition coefficient (Wildman–Crippen LogP) is 2.97. The highest BCUT2D eigenvalue weighted by Crippen LogP contribution is 2.26. The number of halogens is 2. The molecule has 0 radical (unpaired) electrons. The smallest absolute Gasteiger partial charge is 0.327 e. The molecule has 2 N–H and O–H groups in total. The lowest BCUT2D eigenvalue weighted by Crippen LogP contribution is -2.46. The molecule has 0 saturated carbocycles. The lowest BCUT2D eigenvalue weighted by molar-refractivity contribution is -0.155. The maximum atomic E-state index is 12.5. The van der Waals surface area contributed by atoms with E-state index in [-0.39, 0.29) is 5.02 Å². The molecule has 152 valence electrons. The van der Waals surface area contributed by atoms with Crippen LogP contribution in [0.15, 0.2) is 18.2 Å². The van der Waals surface area contributed by atoms with Crippen molar-refractivity contribution in [2.75, 3.05) is 11.9 Å². The molecular weight excluding hydrogens is 409 g/mol. The number of urea groups is 1. The Morgan fingerprint density at radius 3 is 2.43 bits per heavy atom. The highest BCUT2D eigenvalue weighted by molar-refractivity contribution is 6.36. The number of hydrogen-bond acceptors (Lipinski definition) is 5. The zero-order chi connectivity index (χ0) is 21.1. The van der Waals surface area contributed by atoms with Crippen molar-refractivity contribution in [3.05, 3.63) is 28.2 Å². The molecule has 1 atom stereocenters. The van der Waals surface area contributed by atoms with E-state index in [1.165, 1.54) is 19.1 Å². The fourth-order valence-electron chi connectivity index (χ4n) is 2.79. The number of esters is 1. The van der Waals surface area contributed by atoms with Crippen molar-refractivity contribution in [1.29, 1.82) is 0 Å². The molecule has 10 heteroatoms. The van der Waals surface area contributed by atoms with Crippen LogP contribution < -0.4 is 10.6 Å². The minimum atomic E-state index is -1.16. The van der Waals surface area contributed by atoms with Crippen molar-refractivity contribution in [2.45, 2.75) is 45.3 Å². The van der Waals surface area contributed by atoms with Crippen LogP contribution in [0.4, 0.5) is 10.5 Å². The lowest BCUT2D eigenvalue weighted by atomic mass is 9.93. The summed E-state index contributed by atoms with van der Waals surface area (Å²) in [5, 5.41) is 5.77. The normalized spacial score (nSPS) is 16.5. The summed E-state index contributed by atoms with van der Waals surface area (Å²) in [6.45, 7) is 4.34. The molecule has 8 nitrogen and oxygen atoms in total. The van der Waals surface area contributed by atoms with E-state index in [4.69, 9.17) is 27.9 Å². The number of ether oxygens (including phenoxy) is 1. The standard InChI is InChI=1S/C18H21Cl2N3O5/c1-4-18(5-2)16(26)23(17(27)22-18)9-14(24)28-10(3)15(25)21-13-7-6-11(19)8-12(13)20/h6-8,10H,4-5,9H2,1-3H3,(H,21,25)(H,22,27)/t10-/m0/s1. The molecule has 0 bridgehead atoms. The molecule has 28 heavy (non-hydrogen) atoms. The van der Waals surface area contributed by atoms with Crippen LogP contribution in [0, 0.1) is 0 Å². The van der Waals surface area contributed by atoms with Gasteiger partial charge in [-0.2, -0.15) is 0 Å². The number of nitrogens with one attached hydrogen (secondary N) is 2. The molecule has 1 aromatic rings. The van der Waals surface area contributed by atoms with Gasteiger partial charge in [-0.15, -0.1) is 0 Å². The van der Waals surface area contributed by atoms with Gasteiger partial charge in [-0.25, -0.2) is 4.79 Å². The van der Waals surface area contributed by atoms with E-state index in [0.717, 1.165) is 4.90 Å². The Hall–Kier alpha value is -2.32. The first kappa shape index (κ1) is 22.0. The van der Waals surface area contributed by atoms with Gasteiger partial charge in [0.25, 0.3) is 11.8 Å². The van der Waals surface area contributed by atoms with Crippen molar-refractivity contribution in [3.63, 3.8) is 0 Å². The largest absolute Gasteiger partial charge is 0.451 e. The third kappa shape index (κ3) is 4.56. The second kappa shape index (κ2) is 8.79. The summed E-state index contributed by atoms with van der Waals surface area (Å²) in [5.41, 5.74) is -0.699. The zero-order valence-corrected chi connectivity index (χ0v) is 17.2. The van der Waals surface area contributed by atoms with E-state index in [2.05, 4.69) is 10.6 Å². The van der Waals surface area contributed by atoms with Crippen LogP contribution in [0.1, 0.15) is 33.6 Å². The van der Waals surface area contributed by atoms with Gasteiger partial charge in [0.1, 0.15) is 12.1 Å². The summed E-state index contributed by atoms with van der Waals surface area (Å²) < 4.78 is 5.05. The van der Waals surface area contributed by atoms with Gasteiger partial charge < -0.3 is 15.4 Å². The number of benzene rings is 1. The van der Waals surface area contributed by atoms with E-state index in [9.17, 15) is 19.2 Å². The summed E-state index contributed by atoms with van der Waals surface area (Å²) in [5.74, 6) is -1.98. The molecule has 0 aromatic heterocycles. The molecule has 0 unspecified atom stereocenters. The molecule has 0 aliphatic carbocycles. The molecule has 1 heterocycles. The molecule has 1 aliphatic rings. The predicted molar refractivity (Wildman–Crippen MR) is 104 cm³/mol. The first-order chi connectivity index (χ1) is 13.1. The van der Waals surface area contributed by atoms with Crippen molar-refractivity contribution in [1.82, 2.24) is 10.2 Å². The van der Waals surface area contributed by atoms with Crippen molar-refractivity contribution < 1.29 is 23.9 Å². The minimum absolute atomic E-state index is 0.231. The SMILES string of the molecule is CCC1(CC)NC(=O)N(CC(=O)O[C@@H](C)C(=O)Nc2ccc(Cl)cc2Cl)C1=O. The van der Waals surface area contributed by atoms with Gasteiger partial charge in [-0.1, -0.05) is 37.0 Å². The first-order valence-corrected chi connectivity index (χ1v) is 9.48. The Bertz CT molecular complexity index is 810. The Morgan fingerprint density at radius 1 is 1.25 bits per heavy atom. The van der Waals surface area contributed by atoms with Gasteiger partial charge >= 0.3 is 12.0 Å². The summed E-state index contributed by atoms with van der Waals surface area (Å²) in [7, 11) is 0. The van der Waals surface area contributed by atoms with E-state index in [1.54, 1.807) is 19.9 Å². The van der Waals surface area contributed by atoms with Crippen LogP contribution in [0.5, 0.6) is 0 Å². The third-order valence-electron chi connectivity index (χ3n) is 4.61. The number of hydrogen-bond donors (Lipinski definition) is 2. The zero-order valence-electron chi connectivity index (χ0n) is 15.7. The Kier molecular flexibility index (Phi) is 6.90. The quantitative estimate of drug-likeness (QED) is 0.511. The number of carbonyl (C=O) groups excluding carboxylic acids is 4. The van der Waals surface area contributed by atoms with Crippen molar-refractivity contribution in [2.24, 2.45) is 0 Å². The summed E-state index contributed by atoms with van der Waals surface area (Å²) in [6, 6.07) is 3.86. The number of carbonyl (C=O) groups is 4. The fraction of sp³-hybridized carbons (Fsp3) is 0.444. The molecule has 1 aliphatic heterocycles. The van der Waals surface area contributed by atoms with E-state index in [1.807, 2.05) is 0 Å². The van der Waals surface area contributed by atoms with Gasteiger partial charge in [-0.3, -0.25) is 19.3 Å². The first-order valence-electron chi connectivity index (χ1n) is 8.73. The van der Waals surface area contributed by atoms with Crippen molar-refractivity contribution in [3.8, 4) is 0 Å². The third-order valence-corrected chi connectivity index (χ3v) is 5.15. The minimum Gasteiger partial charge on any atom is -0.451 e. The van der Waals surface area contributed by atoms with E-state index >= 15 is 0 Å². The summed E-state index contributed by atoms with van der Waals surface area (Å²) >= 11 is 11.8. The monoisotopic (exact) mass is 429 g/mol. The average Bonchev–Trinajstić information content (AvgIpc) is 2.88. The summed E-state index contributed by atoms with van der Waals surface area (Å²) in [6.07, 6.45) is -0.359. The van der Waals surface area contributed by atoms with Crippen LogP contribution in [0.2, 0.25) is 10.0 Å². The number of imide groups is 1. The number of anilines is 1. The number of amides is 4. The molecule has 1 saturated heterocycles. The van der Waals surface area contributed by atoms with Gasteiger partial charge in [-0.05, 0) is 38.0 Å². The topological polar surface area (TPSA) is 105 Å². The van der Waals surface area contributed by atoms with Crippen LogP contribution >= 0.6 is 23.2 Å². The van der Waals surface area contributed by atoms with Gasteiger partial charge in [0.05, 0.1) is 10.7 Å². The molecule has 4 amide bonds. The van der Waals surface area contributed by atoms with E-state index < -0.39 is 42.0 Å². The Balaban J connectivity index is 1.96. The van der Waals surface area contributed by atoms with Crippen LogP contribution in [0.25, 0.3) is 0 Å². The van der Waals surface area contributed by atoms with Crippen LogP contribution in [-0.2, 0) is 19.1 Å². The van der Waals surface area contributed by atoms with E-state index in [0.29, 0.717) is 23.6 Å². The number of nitrogens with zero attached hydrogens (tertiary/aromatic N) is 1. The maximum Gasteiger partial charge on any atom is 0.327 e. The number of rotatable bonds is 7. The summed E-state index contributed by atoms with van der Waals surface area (Å²) in [4.78, 5) is 49.7. The fourth-order valence-corrected chi connectivity index (χ4v) is 3.25. The highest BCUT2D eigenvalue weighted by Gasteiger charge is 2.49. The van der Waals surface area contributed by atoms with Gasteiger partial charge in [0, 0.05) is 5.02 Å². The van der Waals surface area contributed by atoms with Gasteiger partial charge in [0.2, 0.25) is 0 Å². The van der Waals surface area contributed by atoms with Crippen molar-refractivity contribution >= 4 is 52.7 Å². The highest BCUT2D eigenvalue weighted by atomic mass is 35.5. The average molecular weight is 430 g/mol. The Labute approximate surface area is 172 Å².